The van der Waals surface area contributed by atoms with Gasteiger partial charge in [0.2, 0.25) is 0 Å². The van der Waals surface area contributed by atoms with Gasteiger partial charge >= 0.3 is 6.18 Å². The summed E-state index contributed by atoms with van der Waals surface area (Å²) in [5.74, 6) is -0.280. The number of aryl methyl sites for hydroxylation is 2. The molecule has 0 unspecified atom stereocenters. The van der Waals surface area contributed by atoms with Gasteiger partial charge in [0, 0.05) is 28.4 Å². The van der Waals surface area contributed by atoms with Crippen LogP contribution in [0.1, 0.15) is 57.2 Å². The fourth-order valence-electron chi connectivity index (χ4n) is 4.05. The lowest BCUT2D eigenvalue weighted by molar-refractivity contribution is -0.138. The molecule has 1 aliphatic carbocycles. The van der Waals surface area contributed by atoms with Gasteiger partial charge < -0.3 is 16.0 Å². The third-order valence-corrected chi connectivity index (χ3v) is 7.29. The number of halogens is 3. The topological polar surface area (TPSA) is 96.0 Å². The Hall–Kier alpha value is -3.99. The smallest absolute Gasteiger partial charge is 0.366 e. The lowest BCUT2D eigenvalue weighted by Crippen LogP contribution is -2.16. The van der Waals surface area contributed by atoms with Crippen LogP contribution in [0.15, 0.2) is 48.1 Å². The molecule has 3 N–H and O–H groups in total. The van der Waals surface area contributed by atoms with Gasteiger partial charge in [-0.05, 0) is 61.6 Å². The normalized spacial score (nSPS) is 13.4. The Morgan fingerprint density at radius 2 is 1.84 bits per heavy atom. The second-order valence-corrected chi connectivity index (χ2v) is 10.0. The van der Waals surface area contributed by atoms with E-state index in [-0.39, 0.29) is 23.2 Å². The lowest BCUT2D eigenvalue weighted by atomic mass is 10.0. The van der Waals surface area contributed by atoms with E-state index in [9.17, 15) is 22.8 Å². The number of aromatic nitrogens is 2. The van der Waals surface area contributed by atoms with E-state index in [4.69, 9.17) is 0 Å². The number of nitrogens with one attached hydrogen (secondary N) is 3. The maximum Gasteiger partial charge on any atom is 0.416 e. The molecule has 2 aromatic heterocycles. The maximum absolute atomic E-state index is 13.4. The summed E-state index contributed by atoms with van der Waals surface area (Å²) in [5, 5.41) is 10.4. The monoisotopic (exact) mass is 539 g/mol. The number of benzene rings is 2. The van der Waals surface area contributed by atoms with Gasteiger partial charge in [-0.1, -0.05) is 19.1 Å². The standard InChI is InChI=1S/C27H24F3N5O2S/c1-3-15-6-7-18(11-20(15)27(28,29)30)34-25(36)16-5-4-14(2)21(10-16)35-26(37)19-12-38-23-22(19)31-13-32-24(23)33-17-8-9-17/h4-7,10-13,17H,3,8-9H2,1-2H3,(H,34,36)(H,35,37)(H,31,32,33). The average Bonchev–Trinajstić information content (AvgIpc) is 3.59. The van der Waals surface area contributed by atoms with Gasteiger partial charge in [-0.25, -0.2) is 9.97 Å². The highest BCUT2D eigenvalue weighted by molar-refractivity contribution is 7.18. The number of hydrogen-bond acceptors (Lipinski definition) is 6. The zero-order valence-corrected chi connectivity index (χ0v) is 21.4. The Bertz CT molecular complexity index is 1550. The minimum Gasteiger partial charge on any atom is -0.366 e. The van der Waals surface area contributed by atoms with Crippen molar-refractivity contribution in [1.29, 1.82) is 0 Å². The highest BCUT2D eigenvalue weighted by Crippen LogP contribution is 2.35. The van der Waals surface area contributed by atoms with Crippen molar-refractivity contribution < 1.29 is 22.8 Å². The summed E-state index contributed by atoms with van der Waals surface area (Å²) >= 11 is 1.38. The van der Waals surface area contributed by atoms with Crippen molar-refractivity contribution >= 4 is 50.6 Å². The van der Waals surface area contributed by atoms with E-state index in [1.807, 2.05) is 0 Å². The summed E-state index contributed by atoms with van der Waals surface area (Å²) in [6, 6.07) is 8.85. The Kier molecular flexibility index (Phi) is 6.78. The Morgan fingerprint density at radius 3 is 2.55 bits per heavy atom. The molecule has 1 aliphatic rings. The maximum atomic E-state index is 13.4. The molecule has 0 aliphatic heterocycles. The molecule has 196 valence electrons. The molecule has 38 heavy (non-hydrogen) atoms. The van der Waals surface area contributed by atoms with Crippen LogP contribution in [-0.2, 0) is 12.6 Å². The van der Waals surface area contributed by atoms with Crippen molar-refractivity contribution in [3.8, 4) is 0 Å². The summed E-state index contributed by atoms with van der Waals surface area (Å²) in [6.07, 6.45) is -0.724. The van der Waals surface area contributed by atoms with Gasteiger partial charge in [-0.3, -0.25) is 9.59 Å². The van der Waals surface area contributed by atoms with Crippen molar-refractivity contribution in [3.05, 3.63) is 75.9 Å². The van der Waals surface area contributed by atoms with Gasteiger partial charge in [-0.2, -0.15) is 13.2 Å². The van der Waals surface area contributed by atoms with Crippen LogP contribution >= 0.6 is 11.3 Å². The molecular formula is C27H24F3N5O2S. The average molecular weight is 540 g/mol. The van der Waals surface area contributed by atoms with E-state index in [0.717, 1.165) is 23.6 Å². The van der Waals surface area contributed by atoms with Crippen molar-refractivity contribution in [1.82, 2.24) is 9.97 Å². The predicted octanol–water partition coefficient (Wildman–Crippen LogP) is 6.66. The third-order valence-electron chi connectivity index (χ3n) is 6.32. The first-order valence-electron chi connectivity index (χ1n) is 12.1. The number of amides is 2. The molecule has 0 saturated heterocycles. The molecule has 0 radical (unpaired) electrons. The minimum absolute atomic E-state index is 0.0331. The largest absolute Gasteiger partial charge is 0.416 e. The van der Waals surface area contributed by atoms with Gasteiger partial charge in [0.1, 0.15) is 12.1 Å². The Balaban J connectivity index is 1.35. The molecule has 1 fully saturated rings. The van der Waals surface area contributed by atoms with Crippen LogP contribution in [0.5, 0.6) is 0 Å². The quantitative estimate of drug-likeness (QED) is 0.244. The number of carbonyl (C=O) groups excluding carboxylic acids is 2. The van der Waals surface area contributed by atoms with E-state index in [1.54, 1.807) is 31.4 Å². The zero-order valence-electron chi connectivity index (χ0n) is 20.6. The molecular weight excluding hydrogens is 515 g/mol. The first kappa shape index (κ1) is 25.7. The van der Waals surface area contributed by atoms with Gasteiger partial charge in [0.25, 0.3) is 11.8 Å². The van der Waals surface area contributed by atoms with Gasteiger partial charge in [-0.15, -0.1) is 11.3 Å². The summed E-state index contributed by atoms with van der Waals surface area (Å²) in [7, 11) is 0. The molecule has 0 spiro atoms. The van der Waals surface area contributed by atoms with E-state index >= 15 is 0 Å². The highest BCUT2D eigenvalue weighted by atomic mass is 32.1. The molecule has 2 aromatic carbocycles. The van der Waals surface area contributed by atoms with Crippen molar-refractivity contribution in [2.45, 2.75) is 45.3 Å². The van der Waals surface area contributed by atoms with Crippen LogP contribution in [0, 0.1) is 6.92 Å². The molecule has 0 bridgehead atoms. The fraction of sp³-hybridized carbons (Fsp3) is 0.259. The molecule has 11 heteroatoms. The number of nitrogens with zero attached hydrogens (tertiary/aromatic N) is 2. The third kappa shape index (κ3) is 5.33. The highest BCUT2D eigenvalue weighted by Gasteiger charge is 2.33. The van der Waals surface area contributed by atoms with Crippen LogP contribution in [0.4, 0.5) is 30.4 Å². The minimum atomic E-state index is -4.53. The van der Waals surface area contributed by atoms with Gasteiger partial charge in [0.05, 0.1) is 21.3 Å². The number of carbonyl (C=O) groups is 2. The summed E-state index contributed by atoms with van der Waals surface area (Å²) in [4.78, 5) is 34.6. The molecule has 2 heterocycles. The van der Waals surface area contributed by atoms with Crippen molar-refractivity contribution in [3.63, 3.8) is 0 Å². The summed E-state index contributed by atoms with van der Waals surface area (Å²) in [5.41, 5.74) is 1.63. The molecule has 2 amide bonds. The van der Waals surface area contributed by atoms with Crippen molar-refractivity contribution in [2.24, 2.45) is 0 Å². The predicted molar refractivity (Wildman–Crippen MR) is 142 cm³/mol. The van der Waals surface area contributed by atoms with Crippen LogP contribution in [0.3, 0.4) is 0 Å². The van der Waals surface area contributed by atoms with Crippen molar-refractivity contribution in [2.75, 3.05) is 16.0 Å². The van der Waals surface area contributed by atoms with Crippen LogP contribution < -0.4 is 16.0 Å². The number of hydrogen-bond donors (Lipinski definition) is 3. The van der Waals surface area contributed by atoms with Crippen LogP contribution in [0.2, 0.25) is 0 Å². The summed E-state index contributed by atoms with van der Waals surface area (Å²) < 4.78 is 41.1. The zero-order chi connectivity index (χ0) is 27.0. The second kappa shape index (κ2) is 10.1. The fourth-order valence-corrected chi connectivity index (χ4v) is 5.00. The molecule has 4 aromatic rings. The van der Waals surface area contributed by atoms with E-state index in [0.29, 0.717) is 34.2 Å². The SMILES string of the molecule is CCc1ccc(NC(=O)c2ccc(C)c(NC(=O)c3csc4c(NC5CC5)ncnc34)c2)cc1C(F)(F)F. The molecule has 5 rings (SSSR count). The second-order valence-electron chi connectivity index (χ2n) is 9.13. The summed E-state index contributed by atoms with van der Waals surface area (Å²) in [6.45, 7) is 3.42. The molecule has 7 nitrogen and oxygen atoms in total. The number of alkyl halides is 3. The number of anilines is 3. The number of fused-ring (bicyclic) bond motifs is 1. The van der Waals surface area contributed by atoms with E-state index < -0.39 is 23.6 Å². The first-order valence-corrected chi connectivity index (χ1v) is 12.9. The number of rotatable bonds is 7. The Morgan fingerprint density at radius 1 is 1.05 bits per heavy atom. The molecule has 1 saturated carbocycles. The Labute approximate surface area is 220 Å². The number of thiophene rings is 1. The van der Waals surface area contributed by atoms with Gasteiger partial charge in [0.15, 0.2) is 0 Å². The van der Waals surface area contributed by atoms with Crippen LogP contribution in [-0.4, -0.2) is 27.8 Å². The van der Waals surface area contributed by atoms with Crippen LogP contribution in [0.25, 0.3) is 10.2 Å². The molecule has 0 atom stereocenters. The first-order chi connectivity index (χ1) is 18.1. The van der Waals surface area contributed by atoms with E-state index in [1.165, 1.54) is 35.9 Å². The van der Waals surface area contributed by atoms with E-state index in [2.05, 4.69) is 25.9 Å². The lowest BCUT2D eigenvalue weighted by Gasteiger charge is -2.15.